The van der Waals surface area contributed by atoms with Gasteiger partial charge in [0.15, 0.2) is 11.3 Å². The fourth-order valence-corrected chi connectivity index (χ4v) is 2.62. The lowest BCUT2D eigenvalue weighted by atomic mass is 10.0. The van der Waals surface area contributed by atoms with Crippen LogP contribution in [-0.4, -0.2) is 14.2 Å². The summed E-state index contributed by atoms with van der Waals surface area (Å²) < 4.78 is 16.7. The van der Waals surface area contributed by atoms with E-state index in [0.29, 0.717) is 39.9 Å². The van der Waals surface area contributed by atoms with Gasteiger partial charge in [0.2, 0.25) is 5.43 Å². The number of rotatable bonds is 4. The molecule has 0 atom stereocenters. The van der Waals surface area contributed by atoms with E-state index < -0.39 is 0 Å². The molecule has 0 fully saturated rings. The molecule has 0 unspecified atom stereocenters. The molecule has 0 radical (unpaired) electrons. The maximum atomic E-state index is 12.9. The summed E-state index contributed by atoms with van der Waals surface area (Å²) in [5.41, 5.74) is 1.72. The van der Waals surface area contributed by atoms with Gasteiger partial charge in [-0.15, -0.1) is 6.58 Å². The molecule has 3 aromatic rings. The summed E-state index contributed by atoms with van der Waals surface area (Å²) in [5, 5.41) is 0.920. The number of fused-ring (bicyclic) bond motifs is 2. The van der Waals surface area contributed by atoms with Crippen molar-refractivity contribution in [3.8, 4) is 11.5 Å². The molecule has 0 aliphatic heterocycles. The SMILES string of the molecule is C=CCc1ccc(OC)c2c(=O)c3cccc(OC)c3oc12. The number of allylic oxidation sites excluding steroid dienone is 1. The van der Waals surface area contributed by atoms with Crippen LogP contribution < -0.4 is 14.9 Å². The van der Waals surface area contributed by atoms with Crippen molar-refractivity contribution in [3.05, 3.63) is 58.8 Å². The maximum absolute atomic E-state index is 12.9. The number of methoxy groups -OCH3 is 2. The normalized spacial score (nSPS) is 10.8. The quantitative estimate of drug-likeness (QED) is 0.544. The highest BCUT2D eigenvalue weighted by molar-refractivity contribution is 5.96. The van der Waals surface area contributed by atoms with E-state index in [1.807, 2.05) is 6.07 Å². The third-order valence-electron chi connectivity index (χ3n) is 3.66. The van der Waals surface area contributed by atoms with Gasteiger partial charge in [-0.1, -0.05) is 18.2 Å². The molecule has 1 heterocycles. The Balaban J connectivity index is 2.55. The summed E-state index contributed by atoms with van der Waals surface area (Å²) in [5.74, 6) is 1.03. The molecule has 0 amide bonds. The molecule has 0 N–H and O–H groups in total. The Morgan fingerprint density at radius 3 is 2.55 bits per heavy atom. The Hall–Kier alpha value is -2.75. The second kappa shape index (κ2) is 5.56. The van der Waals surface area contributed by atoms with Gasteiger partial charge in [-0.05, 0) is 30.2 Å². The molecule has 0 saturated heterocycles. The van der Waals surface area contributed by atoms with Crippen molar-refractivity contribution in [3.63, 3.8) is 0 Å². The van der Waals surface area contributed by atoms with Gasteiger partial charge in [-0.3, -0.25) is 4.79 Å². The third-order valence-corrected chi connectivity index (χ3v) is 3.66. The highest BCUT2D eigenvalue weighted by atomic mass is 16.5. The van der Waals surface area contributed by atoms with E-state index in [-0.39, 0.29) is 5.43 Å². The smallest absolute Gasteiger partial charge is 0.204 e. The van der Waals surface area contributed by atoms with Crippen LogP contribution in [0.15, 0.2) is 52.2 Å². The van der Waals surface area contributed by atoms with E-state index in [4.69, 9.17) is 13.9 Å². The molecule has 2 aromatic carbocycles. The standard InChI is InChI=1S/C18H16O4/c1-4-6-11-9-10-13(20-2)15-16(19)12-7-5-8-14(21-3)18(12)22-17(11)15/h4-5,7-10H,1,6H2,2-3H3. The van der Waals surface area contributed by atoms with Crippen LogP contribution in [0.5, 0.6) is 11.5 Å². The second-order valence-corrected chi connectivity index (χ2v) is 4.89. The van der Waals surface area contributed by atoms with Crippen molar-refractivity contribution < 1.29 is 13.9 Å². The fourth-order valence-electron chi connectivity index (χ4n) is 2.62. The molecular formula is C18H16O4. The van der Waals surface area contributed by atoms with Crippen LogP contribution >= 0.6 is 0 Å². The number of hydrogen-bond acceptors (Lipinski definition) is 4. The third kappa shape index (κ3) is 2.04. The summed E-state index contributed by atoms with van der Waals surface area (Å²) in [6, 6.07) is 8.92. The number of para-hydroxylation sites is 1. The van der Waals surface area contributed by atoms with Crippen molar-refractivity contribution in [2.75, 3.05) is 14.2 Å². The zero-order valence-electron chi connectivity index (χ0n) is 12.5. The highest BCUT2D eigenvalue weighted by Gasteiger charge is 2.17. The lowest BCUT2D eigenvalue weighted by molar-refractivity contribution is 0.410. The van der Waals surface area contributed by atoms with Gasteiger partial charge in [0, 0.05) is 0 Å². The first-order chi connectivity index (χ1) is 10.7. The summed E-state index contributed by atoms with van der Waals surface area (Å²) >= 11 is 0. The molecule has 0 aliphatic rings. The number of ether oxygens (including phenoxy) is 2. The van der Waals surface area contributed by atoms with E-state index >= 15 is 0 Å². The monoisotopic (exact) mass is 296 g/mol. The highest BCUT2D eigenvalue weighted by Crippen LogP contribution is 2.32. The first-order valence-corrected chi connectivity index (χ1v) is 6.91. The molecule has 0 saturated carbocycles. The average Bonchev–Trinajstić information content (AvgIpc) is 2.55. The fraction of sp³-hybridized carbons (Fsp3) is 0.167. The topological polar surface area (TPSA) is 48.7 Å². The zero-order chi connectivity index (χ0) is 15.7. The average molecular weight is 296 g/mol. The van der Waals surface area contributed by atoms with Crippen LogP contribution in [0.2, 0.25) is 0 Å². The van der Waals surface area contributed by atoms with Crippen molar-refractivity contribution in [2.24, 2.45) is 0 Å². The van der Waals surface area contributed by atoms with E-state index in [2.05, 4.69) is 6.58 Å². The zero-order valence-corrected chi connectivity index (χ0v) is 12.5. The van der Waals surface area contributed by atoms with Gasteiger partial charge in [0.25, 0.3) is 0 Å². The minimum Gasteiger partial charge on any atom is -0.496 e. The van der Waals surface area contributed by atoms with Gasteiger partial charge in [-0.25, -0.2) is 0 Å². The number of hydrogen-bond donors (Lipinski definition) is 0. The van der Waals surface area contributed by atoms with Gasteiger partial charge in [0.1, 0.15) is 16.7 Å². The van der Waals surface area contributed by atoms with Crippen molar-refractivity contribution >= 4 is 21.9 Å². The van der Waals surface area contributed by atoms with E-state index in [1.165, 1.54) is 7.11 Å². The van der Waals surface area contributed by atoms with Crippen molar-refractivity contribution in [1.82, 2.24) is 0 Å². The molecule has 22 heavy (non-hydrogen) atoms. The molecule has 4 nitrogen and oxygen atoms in total. The minimum atomic E-state index is -0.127. The summed E-state index contributed by atoms with van der Waals surface area (Å²) in [7, 11) is 3.09. The molecule has 0 aliphatic carbocycles. The Kier molecular flexibility index (Phi) is 3.59. The Morgan fingerprint density at radius 2 is 1.86 bits per heavy atom. The summed E-state index contributed by atoms with van der Waals surface area (Å²) in [4.78, 5) is 12.9. The van der Waals surface area contributed by atoms with Crippen LogP contribution in [0, 0.1) is 0 Å². The van der Waals surface area contributed by atoms with Crippen LogP contribution in [0.1, 0.15) is 5.56 Å². The molecule has 0 bridgehead atoms. The first kappa shape index (κ1) is 14.2. The Labute approximate surface area is 127 Å². The van der Waals surface area contributed by atoms with Gasteiger partial charge in [0.05, 0.1) is 19.6 Å². The van der Waals surface area contributed by atoms with Crippen LogP contribution in [0.25, 0.3) is 21.9 Å². The van der Waals surface area contributed by atoms with Crippen LogP contribution in [-0.2, 0) is 6.42 Å². The molecule has 4 heteroatoms. The van der Waals surface area contributed by atoms with Crippen molar-refractivity contribution in [1.29, 1.82) is 0 Å². The largest absolute Gasteiger partial charge is 0.496 e. The Morgan fingerprint density at radius 1 is 1.09 bits per heavy atom. The second-order valence-electron chi connectivity index (χ2n) is 4.89. The van der Waals surface area contributed by atoms with Crippen LogP contribution in [0.3, 0.4) is 0 Å². The summed E-state index contributed by atoms with van der Waals surface area (Å²) in [6.07, 6.45) is 2.37. The van der Waals surface area contributed by atoms with E-state index in [1.54, 1.807) is 37.5 Å². The predicted molar refractivity (Wildman–Crippen MR) is 87.0 cm³/mol. The van der Waals surface area contributed by atoms with E-state index in [9.17, 15) is 4.79 Å². The van der Waals surface area contributed by atoms with Gasteiger partial charge >= 0.3 is 0 Å². The minimum absolute atomic E-state index is 0.127. The van der Waals surface area contributed by atoms with Crippen LogP contribution in [0.4, 0.5) is 0 Å². The molecule has 3 rings (SSSR count). The molecular weight excluding hydrogens is 280 g/mol. The van der Waals surface area contributed by atoms with Crippen molar-refractivity contribution in [2.45, 2.75) is 6.42 Å². The Bertz CT molecular complexity index is 922. The van der Waals surface area contributed by atoms with Gasteiger partial charge in [-0.2, -0.15) is 0 Å². The van der Waals surface area contributed by atoms with E-state index in [0.717, 1.165) is 5.56 Å². The molecule has 112 valence electrons. The molecule has 0 spiro atoms. The lowest BCUT2D eigenvalue weighted by Crippen LogP contribution is -2.06. The maximum Gasteiger partial charge on any atom is 0.204 e. The lowest BCUT2D eigenvalue weighted by Gasteiger charge is -2.11. The number of benzene rings is 2. The summed E-state index contributed by atoms with van der Waals surface area (Å²) in [6.45, 7) is 3.75. The van der Waals surface area contributed by atoms with Gasteiger partial charge < -0.3 is 13.9 Å². The first-order valence-electron chi connectivity index (χ1n) is 6.91. The predicted octanol–water partition coefficient (Wildman–Crippen LogP) is 3.69. The molecule has 1 aromatic heterocycles.